The minimum Gasteiger partial charge on any atom is -0.240 e. The van der Waals surface area contributed by atoms with Crippen molar-refractivity contribution in [2.24, 2.45) is 0 Å². The second-order valence-electron chi connectivity index (χ2n) is 4.87. The summed E-state index contributed by atoms with van der Waals surface area (Å²) in [6.07, 6.45) is 4.01. The van der Waals surface area contributed by atoms with Crippen molar-refractivity contribution in [1.82, 2.24) is 9.78 Å². The smallest absolute Gasteiger partial charge is 0.0787 e. The first-order valence-electron chi connectivity index (χ1n) is 5.28. The van der Waals surface area contributed by atoms with Crippen molar-refractivity contribution in [2.45, 2.75) is 26.2 Å². The van der Waals surface area contributed by atoms with Crippen molar-refractivity contribution >= 4 is 15.9 Å². The van der Waals surface area contributed by atoms with Crippen LogP contribution in [-0.4, -0.2) is 9.78 Å². The van der Waals surface area contributed by atoms with Gasteiger partial charge in [0.15, 0.2) is 0 Å². The molecule has 0 N–H and O–H groups in total. The lowest BCUT2D eigenvalue weighted by atomic mass is 9.90. The molecule has 2 rings (SSSR count). The Balaban J connectivity index is 2.44. The van der Waals surface area contributed by atoms with Crippen LogP contribution >= 0.6 is 15.9 Å². The lowest BCUT2D eigenvalue weighted by molar-refractivity contribution is 0.590. The molecule has 0 unspecified atom stereocenters. The van der Waals surface area contributed by atoms with Crippen molar-refractivity contribution < 1.29 is 0 Å². The van der Waals surface area contributed by atoms with E-state index in [1.54, 1.807) is 0 Å². The highest BCUT2D eigenvalue weighted by atomic mass is 79.9. The summed E-state index contributed by atoms with van der Waals surface area (Å²) >= 11 is 3.53. The van der Waals surface area contributed by atoms with E-state index in [2.05, 4.69) is 48.0 Å². The Kier molecular flexibility index (Phi) is 2.89. The summed E-state index contributed by atoms with van der Waals surface area (Å²) in [4.78, 5) is 0. The fourth-order valence-corrected chi connectivity index (χ4v) is 1.95. The average molecular weight is 279 g/mol. The number of nitrogens with zero attached hydrogens (tertiary/aromatic N) is 2. The quantitative estimate of drug-likeness (QED) is 0.773. The van der Waals surface area contributed by atoms with Crippen LogP contribution in [-0.2, 0) is 5.41 Å². The molecule has 0 aliphatic carbocycles. The molecule has 0 fully saturated rings. The molecule has 16 heavy (non-hydrogen) atoms. The Morgan fingerprint density at radius 1 is 1.19 bits per heavy atom. The molecule has 0 radical (unpaired) electrons. The molecule has 1 aromatic carbocycles. The molecule has 0 aliphatic heterocycles. The Bertz CT molecular complexity index is 495. The SMILES string of the molecule is CC(C)(C)c1cnn(-c2ccccc2Br)c1. The summed E-state index contributed by atoms with van der Waals surface area (Å²) in [5, 5.41) is 4.40. The number of benzene rings is 1. The van der Waals surface area contributed by atoms with Gasteiger partial charge in [-0.1, -0.05) is 32.9 Å². The molecule has 84 valence electrons. The van der Waals surface area contributed by atoms with E-state index in [9.17, 15) is 0 Å². The van der Waals surface area contributed by atoms with Crippen molar-refractivity contribution in [1.29, 1.82) is 0 Å². The van der Waals surface area contributed by atoms with E-state index >= 15 is 0 Å². The molecular weight excluding hydrogens is 264 g/mol. The van der Waals surface area contributed by atoms with Gasteiger partial charge in [0, 0.05) is 10.7 Å². The Morgan fingerprint density at radius 2 is 1.88 bits per heavy atom. The van der Waals surface area contributed by atoms with E-state index in [0.717, 1.165) is 10.2 Å². The predicted octanol–water partition coefficient (Wildman–Crippen LogP) is 3.93. The van der Waals surface area contributed by atoms with Gasteiger partial charge in [-0.05, 0) is 39.0 Å². The first-order chi connectivity index (χ1) is 7.48. The van der Waals surface area contributed by atoms with Crippen LogP contribution in [0.4, 0.5) is 0 Å². The van der Waals surface area contributed by atoms with E-state index in [4.69, 9.17) is 0 Å². The van der Waals surface area contributed by atoms with Gasteiger partial charge in [0.25, 0.3) is 0 Å². The maximum Gasteiger partial charge on any atom is 0.0787 e. The summed E-state index contributed by atoms with van der Waals surface area (Å²) < 4.78 is 2.96. The van der Waals surface area contributed by atoms with Gasteiger partial charge in [-0.15, -0.1) is 0 Å². The van der Waals surface area contributed by atoms with E-state index < -0.39 is 0 Å². The third kappa shape index (κ3) is 2.19. The van der Waals surface area contributed by atoms with Gasteiger partial charge in [-0.25, -0.2) is 4.68 Å². The van der Waals surface area contributed by atoms with Crippen LogP contribution in [0.25, 0.3) is 5.69 Å². The molecule has 1 aromatic heterocycles. The van der Waals surface area contributed by atoms with E-state index in [-0.39, 0.29) is 5.41 Å². The highest BCUT2D eigenvalue weighted by molar-refractivity contribution is 9.10. The Labute approximate surface area is 104 Å². The summed E-state index contributed by atoms with van der Waals surface area (Å²) in [6.45, 7) is 6.57. The molecule has 0 aliphatic rings. The topological polar surface area (TPSA) is 17.8 Å². The number of para-hydroxylation sites is 1. The van der Waals surface area contributed by atoms with Crippen LogP contribution < -0.4 is 0 Å². The second kappa shape index (κ2) is 4.06. The number of aromatic nitrogens is 2. The van der Waals surface area contributed by atoms with Gasteiger partial charge in [0.1, 0.15) is 0 Å². The Hall–Kier alpha value is -1.09. The van der Waals surface area contributed by atoms with Gasteiger partial charge in [-0.3, -0.25) is 0 Å². The van der Waals surface area contributed by atoms with Gasteiger partial charge < -0.3 is 0 Å². The number of hydrogen-bond donors (Lipinski definition) is 0. The summed E-state index contributed by atoms with van der Waals surface area (Å²) in [7, 11) is 0. The van der Waals surface area contributed by atoms with Crippen LogP contribution in [0.15, 0.2) is 41.1 Å². The lowest BCUT2D eigenvalue weighted by Gasteiger charge is -2.15. The van der Waals surface area contributed by atoms with Crippen LogP contribution in [0, 0.1) is 0 Å². The van der Waals surface area contributed by atoms with E-state index in [0.29, 0.717) is 0 Å². The molecule has 0 amide bonds. The zero-order valence-corrected chi connectivity index (χ0v) is 11.3. The summed E-state index contributed by atoms with van der Waals surface area (Å²) in [5.74, 6) is 0. The van der Waals surface area contributed by atoms with Crippen LogP contribution in [0.5, 0.6) is 0 Å². The van der Waals surface area contributed by atoms with Crippen LogP contribution in [0.3, 0.4) is 0 Å². The Morgan fingerprint density at radius 3 is 2.44 bits per heavy atom. The highest BCUT2D eigenvalue weighted by Gasteiger charge is 2.16. The lowest BCUT2D eigenvalue weighted by Crippen LogP contribution is -2.09. The summed E-state index contributed by atoms with van der Waals surface area (Å²) in [5.41, 5.74) is 2.45. The van der Waals surface area contributed by atoms with Crippen molar-refractivity contribution in [3.63, 3.8) is 0 Å². The third-order valence-corrected chi connectivity index (χ3v) is 3.22. The normalized spacial score (nSPS) is 11.8. The largest absolute Gasteiger partial charge is 0.240 e. The molecule has 0 atom stereocenters. The van der Waals surface area contributed by atoms with E-state index in [1.165, 1.54) is 5.56 Å². The van der Waals surface area contributed by atoms with Gasteiger partial charge >= 0.3 is 0 Å². The highest BCUT2D eigenvalue weighted by Crippen LogP contribution is 2.24. The summed E-state index contributed by atoms with van der Waals surface area (Å²) in [6, 6.07) is 8.08. The molecule has 0 bridgehead atoms. The van der Waals surface area contributed by atoms with Gasteiger partial charge in [-0.2, -0.15) is 5.10 Å². The molecule has 0 spiro atoms. The molecular formula is C13H15BrN2. The number of rotatable bonds is 1. The first-order valence-corrected chi connectivity index (χ1v) is 6.08. The van der Waals surface area contributed by atoms with E-state index in [1.807, 2.05) is 35.1 Å². The maximum absolute atomic E-state index is 4.40. The van der Waals surface area contributed by atoms with Crippen LogP contribution in [0.2, 0.25) is 0 Å². The fourth-order valence-electron chi connectivity index (χ4n) is 1.48. The maximum atomic E-state index is 4.40. The average Bonchev–Trinajstić information content (AvgIpc) is 2.66. The second-order valence-corrected chi connectivity index (χ2v) is 5.73. The standard InChI is InChI=1S/C13H15BrN2/c1-13(2,3)10-8-15-16(9-10)12-7-5-4-6-11(12)14/h4-9H,1-3H3. The van der Waals surface area contributed by atoms with Crippen molar-refractivity contribution in [2.75, 3.05) is 0 Å². The predicted molar refractivity (Wildman–Crippen MR) is 70.0 cm³/mol. The molecule has 0 saturated carbocycles. The monoisotopic (exact) mass is 278 g/mol. The van der Waals surface area contributed by atoms with Gasteiger partial charge in [0.05, 0.1) is 11.9 Å². The molecule has 2 nitrogen and oxygen atoms in total. The minimum atomic E-state index is 0.138. The van der Waals surface area contributed by atoms with Crippen LogP contribution in [0.1, 0.15) is 26.3 Å². The van der Waals surface area contributed by atoms with Crippen molar-refractivity contribution in [3.05, 3.63) is 46.7 Å². The molecule has 2 aromatic rings. The minimum absolute atomic E-state index is 0.138. The molecule has 1 heterocycles. The molecule has 0 saturated heterocycles. The molecule has 3 heteroatoms. The fraction of sp³-hybridized carbons (Fsp3) is 0.308. The number of hydrogen-bond acceptors (Lipinski definition) is 1. The number of halogens is 1. The first kappa shape index (κ1) is 11.4. The van der Waals surface area contributed by atoms with Gasteiger partial charge in [0.2, 0.25) is 0 Å². The van der Waals surface area contributed by atoms with Crippen molar-refractivity contribution in [3.8, 4) is 5.69 Å². The zero-order chi connectivity index (χ0) is 11.8. The third-order valence-electron chi connectivity index (χ3n) is 2.55. The zero-order valence-electron chi connectivity index (χ0n) is 9.74.